The highest BCUT2D eigenvalue weighted by molar-refractivity contribution is 7.59. The molecule has 54 valence electrons. The van der Waals surface area contributed by atoms with Crippen molar-refractivity contribution in [2.24, 2.45) is 0 Å². The molecule has 1 heterocycles. The molecule has 0 aromatic carbocycles. The van der Waals surface area contributed by atoms with Crippen LogP contribution in [-0.2, 0) is 4.74 Å². The number of amides is 1. The first-order valence-electron chi connectivity index (χ1n) is 2.38. The third kappa shape index (κ3) is 2.11. The first kappa shape index (κ1) is 8.58. The predicted molar refractivity (Wildman–Crippen MR) is 35.7 cm³/mol. The number of hydrogen-bond donors (Lipinski definition) is 2. The third-order valence-corrected chi connectivity index (χ3v) is 0.951. The summed E-state index contributed by atoms with van der Waals surface area (Å²) in [5, 5.41) is 10.8. The van der Waals surface area contributed by atoms with Crippen LogP contribution in [-0.4, -0.2) is 30.5 Å². The maximum absolute atomic E-state index is 10.2. The van der Waals surface area contributed by atoms with E-state index in [1.165, 1.54) is 0 Å². The second-order valence-corrected chi connectivity index (χ2v) is 1.59. The monoisotopic (exact) mass is 151 g/mol. The summed E-state index contributed by atoms with van der Waals surface area (Å²) in [6.07, 6.45) is -0.772. The van der Waals surface area contributed by atoms with E-state index in [-0.39, 0.29) is 26.2 Å². The van der Waals surface area contributed by atoms with Crippen LogP contribution in [0.2, 0.25) is 0 Å². The van der Waals surface area contributed by atoms with E-state index in [4.69, 9.17) is 5.11 Å². The Morgan fingerprint density at radius 3 is 2.78 bits per heavy atom. The van der Waals surface area contributed by atoms with E-state index in [9.17, 15) is 4.79 Å². The minimum absolute atomic E-state index is 0. The SMILES string of the molecule is O=C1NC[C@@H](CO)O1.S. The van der Waals surface area contributed by atoms with Gasteiger partial charge in [-0.1, -0.05) is 0 Å². The van der Waals surface area contributed by atoms with Crippen molar-refractivity contribution < 1.29 is 14.6 Å². The van der Waals surface area contributed by atoms with Crippen LogP contribution in [0, 0.1) is 0 Å². The second kappa shape index (κ2) is 3.58. The molecule has 1 aliphatic heterocycles. The van der Waals surface area contributed by atoms with Crippen molar-refractivity contribution >= 4 is 19.6 Å². The van der Waals surface area contributed by atoms with E-state index in [0.717, 1.165) is 0 Å². The molecule has 0 bridgehead atoms. The van der Waals surface area contributed by atoms with Crippen LogP contribution in [0.3, 0.4) is 0 Å². The Bertz CT molecular complexity index is 108. The van der Waals surface area contributed by atoms with Gasteiger partial charge in [0.2, 0.25) is 0 Å². The number of hydrogen-bond acceptors (Lipinski definition) is 3. The molecule has 1 aliphatic rings. The Kier molecular flexibility index (Phi) is 3.41. The number of carbonyl (C=O) groups is 1. The second-order valence-electron chi connectivity index (χ2n) is 1.59. The van der Waals surface area contributed by atoms with Gasteiger partial charge in [-0.2, -0.15) is 13.5 Å². The molecule has 0 spiro atoms. The normalized spacial score (nSPS) is 24.1. The molecule has 1 fully saturated rings. The topological polar surface area (TPSA) is 58.6 Å². The molecule has 1 atom stereocenters. The van der Waals surface area contributed by atoms with E-state index in [0.29, 0.717) is 6.54 Å². The smallest absolute Gasteiger partial charge is 0.407 e. The lowest BCUT2D eigenvalue weighted by Gasteiger charge is -1.98. The van der Waals surface area contributed by atoms with Gasteiger partial charge in [-0.15, -0.1) is 0 Å². The van der Waals surface area contributed by atoms with Gasteiger partial charge < -0.3 is 15.2 Å². The predicted octanol–water partition coefficient (Wildman–Crippen LogP) is -0.800. The molecule has 0 aliphatic carbocycles. The molecule has 0 unspecified atom stereocenters. The zero-order chi connectivity index (χ0) is 5.98. The lowest BCUT2D eigenvalue weighted by Crippen LogP contribution is -2.17. The summed E-state index contributed by atoms with van der Waals surface area (Å²) >= 11 is 0. The molecule has 1 rings (SSSR count). The van der Waals surface area contributed by atoms with Gasteiger partial charge in [0.1, 0.15) is 6.10 Å². The third-order valence-electron chi connectivity index (χ3n) is 0.951. The van der Waals surface area contributed by atoms with Gasteiger partial charge in [0.15, 0.2) is 0 Å². The Morgan fingerprint density at radius 2 is 2.56 bits per heavy atom. The molecule has 1 amide bonds. The van der Waals surface area contributed by atoms with Gasteiger partial charge in [-0.05, 0) is 0 Å². The van der Waals surface area contributed by atoms with Crippen LogP contribution in [0.25, 0.3) is 0 Å². The summed E-state index contributed by atoms with van der Waals surface area (Å²) in [7, 11) is 0. The summed E-state index contributed by atoms with van der Waals surface area (Å²) in [5.74, 6) is 0. The Morgan fingerprint density at radius 1 is 1.89 bits per heavy atom. The molecule has 0 saturated carbocycles. The van der Waals surface area contributed by atoms with Gasteiger partial charge in [0.05, 0.1) is 13.2 Å². The van der Waals surface area contributed by atoms with E-state index >= 15 is 0 Å². The molecule has 0 aromatic rings. The quantitative estimate of drug-likeness (QED) is 0.516. The first-order chi connectivity index (χ1) is 3.83. The van der Waals surface area contributed by atoms with Gasteiger partial charge in [0.25, 0.3) is 0 Å². The van der Waals surface area contributed by atoms with Crippen LogP contribution in [0.4, 0.5) is 4.79 Å². The lowest BCUT2D eigenvalue weighted by molar-refractivity contribution is 0.0961. The number of carbonyl (C=O) groups excluding carboxylic acids is 1. The maximum atomic E-state index is 10.2. The first-order valence-corrected chi connectivity index (χ1v) is 2.38. The van der Waals surface area contributed by atoms with Gasteiger partial charge >= 0.3 is 6.09 Å². The number of ether oxygens (including phenoxy) is 1. The minimum Gasteiger partial charge on any atom is -0.442 e. The molecule has 5 heteroatoms. The van der Waals surface area contributed by atoms with Gasteiger partial charge in [-0.25, -0.2) is 4.79 Å². The number of aliphatic hydroxyl groups is 1. The van der Waals surface area contributed by atoms with Crippen LogP contribution in [0.15, 0.2) is 0 Å². The van der Waals surface area contributed by atoms with Crippen molar-refractivity contribution in [3.63, 3.8) is 0 Å². The summed E-state index contributed by atoms with van der Waals surface area (Å²) in [4.78, 5) is 10.2. The van der Waals surface area contributed by atoms with E-state index in [1.54, 1.807) is 0 Å². The Labute approximate surface area is 59.6 Å². The summed E-state index contributed by atoms with van der Waals surface area (Å²) < 4.78 is 4.51. The van der Waals surface area contributed by atoms with Crippen molar-refractivity contribution in [1.29, 1.82) is 0 Å². The maximum Gasteiger partial charge on any atom is 0.407 e. The highest BCUT2D eigenvalue weighted by atomic mass is 32.1. The number of nitrogens with one attached hydrogen (secondary N) is 1. The number of alkyl carbamates (subject to hydrolysis) is 1. The zero-order valence-corrected chi connectivity index (χ0v) is 5.76. The summed E-state index contributed by atoms with van der Waals surface area (Å²) in [6.45, 7) is 0.327. The van der Waals surface area contributed by atoms with Crippen LogP contribution >= 0.6 is 13.5 Å². The summed E-state index contributed by atoms with van der Waals surface area (Å²) in [6, 6.07) is 0. The molecule has 9 heavy (non-hydrogen) atoms. The molecule has 4 nitrogen and oxygen atoms in total. The molecular weight excluding hydrogens is 142 g/mol. The van der Waals surface area contributed by atoms with Crippen molar-refractivity contribution in [3.05, 3.63) is 0 Å². The Hall–Kier alpha value is -0.420. The standard InChI is InChI=1S/C4H7NO3.H2S/c6-2-3-1-5-4(7)8-3;/h3,6H,1-2H2,(H,5,7);1H2/t3-;/m0./s1. The minimum atomic E-state index is -0.441. The van der Waals surface area contributed by atoms with Crippen molar-refractivity contribution in [3.8, 4) is 0 Å². The average Bonchev–Trinajstić information content (AvgIpc) is 2.14. The zero-order valence-electron chi connectivity index (χ0n) is 4.76. The molecule has 2 N–H and O–H groups in total. The van der Waals surface area contributed by atoms with E-state index in [2.05, 4.69) is 10.1 Å². The van der Waals surface area contributed by atoms with Gasteiger partial charge in [-0.3, -0.25) is 0 Å². The number of rotatable bonds is 1. The van der Waals surface area contributed by atoms with Crippen molar-refractivity contribution in [1.82, 2.24) is 5.32 Å². The Balaban J connectivity index is 0.000000640. The highest BCUT2D eigenvalue weighted by Gasteiger charge is 2.20. The molecule has 1 saturated heterocycles. The summed E-state index contributed by atoms with van der Waals surface area (Å²) in [5.41, 5.74) is 0. The fourth-order valence-corrected chi connectivity index (χ4v) is 0.534. The van der Waals surface area contributed by atoms with Crippen LogP contribution in [0.5, 0.6) is 0 Å². The number of aliphatic hydroxyl groups excluding tert-OH is 1. The fourth-order valence-electron chi connectivity index (χ4n) is 0.534. The molecule has 0 radical (unpaired) electrons. The fraction of sp³-hybridized carbons (Fsp3) is 0.750. The largest absolute Gasteiger partial charge is 0.442 e. The average molecular weight is 151 g/mol. The van der Waals surface area contributed by atoms with Crippen molar-refractivity contribution in [2.45, 2.75) is 6.10 Å². The van der Waals surface area contributed by atoms with Crippen LogP contribution < -0.4 is 5.32 Å². The molecule has 0 aromatic heterocycles. The van der Waals surface area contributed by atoms with Crippen molar-refractivity contribution in [2.75, 3.05) is 13.2 Å². The van der Waals surface area contributed by atoms with Gasteiger partial charge in [0, 0.05) is 0 Å². The molecular formula is C4H9NO3S. The lowest BCUT2D eigenvalue weighted by atomic mass is 10.4. The highest BCUT2D eigenvalue weighted by Crippen LogP contribution is 1.96. The van der Waals surface area contributed by atoms with E-state index < -0.39 is 6.09 Å². The van der Waals surface area contributed by atoms with E-state index in [1.807, 2.05) is 0 Å². The number of cyclic esters (lactones) is 1. The van der Waals surface area contributed by atoms with Crippen LogP contribution in [0.1, 0.15) is 0 Å².